The summed E-state index contributed by atoms with van der Waals surface area (Å²) in [5.74, 6) is 0. The zero-order valence-electron chi connectivity index (χ0n) is 10.9. The number of hydrogen-bond acceptors (Lipinski definition) is 4. The molecule has 24 heavy (non-hydrogen) atoms. The van der Waals surface area contributed by atoms with Gasteiger partial charge in [0.25, 0.3) is 0 Å². The maximum atomic E-state index is 5.79. The molecule has 0 aliphatic heterocycles. The molecule has 0 bridgehead atoms. The molecule has 0 atom stereocenters. The highest BCUT2D eigenvalue weighted by Gasteiger charge is 2.09. The molecule has 0 spiro atoms. The second-order valence-electron chi connectivity index (χ2n) is 4.17. The summed E-state index contributed by atoms with van der Waals surface area (Å²) in [6.07, 6.45) is 3.32. The number of nitrogens with zero attached hydrogens (tertiary/aromatic N) is 4. The second kappa shape index (κ2) is 7.72. The summed E-state index contributed by atoms with van der Waals surface area (Å²) < 4.78 is 0. The summed E-state index contributed by atoms with van der Waals surface area (Å²) in [4.78, 5) is 21.0. The van der Waals surface area contributed by atoms with Gasteiger partial charge >= 0.3 is 0 Å². The van der Waals surface area contributed by atoms with Crippen LogP contribution in [0.1, 0.15) is 7.43 Å². The number of fused-ring (bicyclic) bond motifs is 2. The number of halogens is 5. The zero-order valence-corrected chi connectivity index (χ0v) is 14.7. The van der Waals surface area contributed by atoms with Crippen molar-refractivity contribution in [3.63, 3.8) is 0 Å². The van der Waals surface area contributed by atoms with Crippen molar-refractivity contribution in [3.8, 4) is 0 Å². The predicted octanol–water partition coefficient (Wildman–Crippen LogP) is 5.82. The molecular weight excluding hydrogens is 417 g/mol. The lowest BCUT2D eigenvalue weighted by Crippen LogP contribution is -1.84. The molecule has 4 aromatic heterocycles. The van der Waals surface area contributed by atoms with Gasteiger partial charge in [-0.25, -0.2) is 9.97 Å². The molecule has 0 amide bonds. The largest absolute Gasteiger partial charge is 0.346 e. The summed E-state index contributed by atoms with van der Waals surface area (Å²) in [7, 11) is 0. The predicted molar refractivity (Wildman–Crippen MR) is 99.6 cm³/mol. The van der Waals surface area contributed by atoms with Crippen molar-refractivity contribution in [2.24, 2.45) is 0 Å². The first kappa shape index (κ1) is 19.0. The van der Waals surface area contributed by atoms with Crippen LogP contribution >= 0.6 is 58.0 Å². The van der Waals surface area contributed by atoms with Gasteiger partial charge < -0.3 is 9.97 Å². The molecule has 4 aromatic rings. The van der Waals surface area contributed by atoms with Crippen molar-refractivity contribution in [1.82, 2.24) is 29.9 Å². The molecule has 0 unspecified atom stereocenters. The Hall–Kier alpha value is -1.31. The quantitative estimate of drug-likeness (QED) is 0.274. The SMILES string of the molecule is C.Clc1nc(Cl)c2c(Cl)c[nH]c2n1.Clc1nc(Cl)c2cc[nH]c2n1. The van der Waals surface area contributed by atoms with E-state index >= 15 is 0 Å². The van der Waals surface area contributed by atoms with Crippen molar-refractivity contribution in [1.29, 1.82) is 0 Å². The number of hydrogen-bond donors (Lipinski definition) is 2. The number of aromatic amines is 2. The van der Waals surface area contributed by atoms with Gasteiger partial charge in [0.05, 0.1) is 15.8 Å². The van der Waals surface area contributed by atoms with Crippen LogP contribution in [-0.4, -0.2) is 29.9 Å². The summed E-state index contributed by atoms with van der Waals surface area (Å²) in [5, 5.41) is 2.78. The zero-order chi connectivity index (χ0) is 16.6. The minimum Gasteiger partial charge on any atom is -0.346 e. The maximum absolute atomic E-state index is 5.79. The molecule has 0 radical (unpaired) electrons. The van der Waals surface area contributed by atoms with Crippen LogP contribution < -0.4 is 0 Å². The van der Waals surface area contributed by atoms with E-state index in [1.165, 1.54) is 0 Å². The summed E-state index contributed by atoms with van der Waals surface area (Å²) in [6, 6.07) is 1.80. The molecule has 0 saturated heterocycles. The Bertz CT molecular complexity index is 995. The molecule has 0 aromatic carbocycles. The average Bonchev–Trinajstić information content (AvgIpc) is 3.06. The third-order valence-corrected chi connectivity index (χ3v) is 3.95. The van der Waals surface area contributed by atoms with E-state index in [0.29, 0.717) is 26.9 Å². The first-order valence-electron chi connectivity index (χ1n) is 5.97. The first-order chi connectivity index (χ1) is 11.0. The number of rotatable bonds is 0. The summed E-state index contributed by atoms with van der Waals surface area (Å²) in [5.41, 5.74) is 1.21. The monoisotopic (exact) mass is 424 g/mol. The highest BCUT2D eigenvalue weighted by molar-refractivity contribution is 6.42. The minimum absolute atomic E-state index is 0. The number of aromatic nitrogens is 6. The molecule has 4 heterocycles. The third-order valence-electron chi connectivity index (χ3n) is 2.75. The standard InChI is InChI=1S/C6H2Cl3N3.C6H3Cl2N3.CH4/c7-2-1-10-5-3(2)4(8)11-6(9)12-5;7-4-3-1-2-9-5(3)11-6(8)10-4;/h1H,(H,10,11,12);1-2H,(H,9,10,11);1H4. The van der Waals surface area contributed by atoms with Crippen molar-refractivity contribution >= 4 is 80.1 Å². The van der Waals surface area contributed by atoms with Crippen LogP contribution in [0.25, 0.3) is 22.1 Å². The van der Waals surface area contributed by atoms with Gasteiger partial charge in [-0.3, -0.25) is 0 Å². The van der Waals surface area contributed by atoms with E-state index in [1.807, 2.05) is 0 Å². The Morgan fingerprint density at radius 3 is 2.08 bits per heavy atom. The van der Waals surface area contributed by atoms with E-state index in [0.717, 1.165) is 5.39 Å². The first-order valence-corrected chi connectivity index (χ1v) is 7.86. The Labute approximate surface area is 161 Å². The van der Waals surface area contributed by atoms with Crippen molar-refractivity contribution < 1.29 is 0 Å². The van der Waals surface area contributed by atoms with E-state index in [-0.39, 0.29) is 23.1 Å². The molecule has 11 heteroatoms. The van der Waals surface area contributed by atoms with Crippen molar-refractivity contribution in [2.45, 2.75) is 7.43 Å². The van der Waals surface area contributed by atoms with Crippen LogP contribution in [-0.2, 0) is 0 Å². The van der Waals surface area contributed by atoms with Crippen molar-refractivity contribution in [3.05, 3.63) is 44.4 Å². The number of H-pyrrole nitrogens is 2. The van der Waals surface area contributed by atoms with Crippen LogP contribution in [0.15, 0.2) is 18.5 Å². The average molecular weight is 427 g/mol. The Balaban J connectivity index is 0.000000167. The van der Waals surface area contributed by atoms with Gasteiger partial charge in [0.15, 0.2) is 0 Å². The topological polar surface area (TPSA) is 83.1 Å². The van der Waals surface area contributed by atoms with Gasteiger partial charge in [0.2, 0.25) is 10.6 Å². The summed E-state index contributed by atoms with van der Waals surface area (Å²) >= 11 is 28.4. The van der Waals surface area contributed by atoms with Gasteiger partial charge in [0.1, 0.15) is 21.6 Å². The van der Waals surface area contributed by atoms with Crippen molar-refractivity contribution in [2.75, 3.05) is 0 Å². The van der Waals surface area contributed by atoms with E-state index in [1.54, 1.807) is 18.5 Å². The minimum atomic E-state index is 0. The lowest BCUT2D eigenvalue weighted by atomic mass is 10.4. The van der Waals surface area contributed by atoms with Gasteiger partial charge in [-0.2, -0.15) is 9.97 Å². The van der Waals surface area contributed by atoms with E-state index < -0.39 is 0 Å². The lowest BCUT2D eigenvalue weighted by Gasteiger charge is -1.93. The molecule has 2 N–H and O–H groups in total. The molecule has 0 saturated carbocycles. The molecule has 0 aliphatic carbocycles. The Morgan fingerprint density at radius 1 is 0.750 bits per heavy atom. The molecule has 4 rings (SSSR count). The Kier molecular flexibility index (Phi) is 6.11. The lowest BCUT2D eigenvalue weighted by molar-refractivity contribution is 1.20. The maximum Gasteiger partial charge on any atom is 0.225 e. The molecule has 0 fully saturated rings. The summed E-state index contributed by atoms with van der Waals surface area (Å²) in [6.45, 7) is 0. The fourth-order valence-corrected chi connectivity index (χ4v) is 3.02. The molecule has 126 valence electrons. The fraction of sp³-hybridized carbons (Fsp3) is 0.0769. The highest BCUT2D eigenvalue weighted by atomic mass is 35.5. The van der Waals surface area contributed by atoms with Gasteiger partial charge in [-0.1, -0.05) is 42.2 Å². The van der Waals surface area contributed by atoms with Gasteiger partial charge in [-0.15, -0.1) is 0 Å². The van der Waals surface area contributed by atoms with Crippen LogP contribution in [0, 0.1) is 0 Å². The normalized spacial score (nSPS) is 10.4. The number of nitrogens with one attached hydrogen (secondary N) is 2. The smallest absolute Gasteiger partial charge is 0.225 e. The van der Waals surface area contributed by atoms with E-state index in [4.69, 9.17) is 58.0 Å². The fourth-order valence-electron chi connectivity index (χ4n) is 1.81. The highest BCUT2D eigenvalue weighted by Crippen LogP contribution is 2.28. The second-order valence-corrected chi connectivity index (χ2v) is 5.97. The Morgan fingerprint density at radius 2 is 1.38 bits per heavy atom. The van der Waals surface area contributed by atoms with Crippen LogP contribution in [0.5, 0.6) is 0 Å². The van der Waals surface area contributed by atoms with E-state index in [9.17, 15) is 0 Å². The molecular formula is C13H9Cl5N6. The van der Waals surface area contributed by atoms with E-state index in [2.05, 4.69) is 29.9 Å². The molecule has 6 nitrogen and oxygen atoms in total. The third kappa shape index (κ3) is 3.84. The van der Waals surface area contributed by atoms with Gasteiger partial charge in [0, 0.05) is 12.4 Å². The van der Waals surface area contributed by atoms with Gasteiger partial charge in [-0.05, 0) is 29.3 Å². The van der Waals surface area contributed by atoms with Crippen LogP contribution in [0.2, 0.25) is 25.9 Å². The van der Waals surface area contributed by atoms with Crippen LogP contribution in [0.3, 0.4) is 0 Å². The van der Waals surface area contributed by atoms with Crippen LogP contribution in [0.4, 0.5) is 0 Å². The molecule has 0 aliphatic rings.